The van der Waals surface area contributed by atoms with Gasteiger partial charge in [-0.25, -0.2) is 0 Å². The van der Waals surface area contributed by atoms with Crippen molar-refractivity contribution >= 4 is 28.6 Å². The lowest BCUT2D eigenvalue weighted by Crippen LogP contribution is -2.28. The third-order valence-corrected chi connectivity index (χ3v) is 4.87. The van der Waals surface area contributed by atoms with Gasteiger partial charge in [0.1, 0.15) is 17.1 Å². The largest absolute Gasteiger partial charge is 0.459 e. The Morgan fingerprint density at radius 3 is 2.83 bits per heavy atom. The summed E-state index contributed by atoms with van der Waals surface area (Å²) in [5, 5.41) is 7.94. The Morgan fingerprint density at radius 2 is 2.12 bits per heavy atom. The standard InChI is InChI=1S/C18H20N2O3S/c1-11-15(13(3)23-20-11)9-24-10-18(21)19-12(2)17-8-14-6-4-5-7-16(14)22-17/h4-8,12H,9-10H2,1-3H3,(H,19,21). The number of nitrogens with one attached hydrogen (secondary N) is 1. The van der Waals surface area contributed by atoms with Crippen molar-refractivity contribution in [3.63, 3.8) is 0 Å². The van der Waals surface area contributed by atoms with E-state index in [9.17, 15) is 4.79 Å². The highest BCUT2D eigenvalue weighted by Crippen LogP contribution is 2.24. The quantitative estimate of drug-likeness (QED) is 0.727. The van der Waals surface area contributed by atoms with Gasteiger partial charge in [0.25, 0.3) is 0 Å². The predicted molar refractivity (Wildman–Crippen MR) is 94.9 cm³/mol. The molecule has 0 bridgehead atoms. The number of carbonyl (C=O) groups is 1. The van der Waals surface area contributed by atoms with Gasteiger partial charge in [-0.15, -0.1) is 11.8 Å². The molecule has 6 heteroatoms. The molecule has 0 aliphatic rings. The van der Waals surface area contributed by atoms with Crippen molar-refractivity contribution < 1.29 is 13.7 Å². The van der Waals surface area contributed by atoms with Gasteiger partial charge in [-0.1, -0.05) is 23.4 Å². The van der Waals surface area contributed by atoms with Crippen LogP contribution in [0.5, 0.6) is 0 Å². The molecule has 1 unspecified atom stereocenters. The number of fused-ring (bicyclic) bond motifs is 1. The molecule has 0 aliphatic carbocycles. The van der Waals surface area contributed by atoms with Crippen molar-refractivity contribution in [2.75, 3.05) is 5.75 Å². The van der Waals surface area contributed by atoms with Gasteiger partial charge in [0.15, 0.2) is 0 Å². The molecule has 3 aromatic rings. The lowest BCUT2D eigenvalue weighted by molar-refractivity contribution is -0.119. The van der Waals surface area contributed by atoms with E-state index in [1.807, 2.05) is 51.1 Å². The number of para-hydroxylation sites is 1. The minimum Gasteiger partial charge on any atom is -0.459 e. The molecule has 0 fully saturated rings. The van der Waals surface area contributed by atoms with Crippen molar-refractivity contribution in [3.8, 4) is 0 Å². The first-order valence-electron chi connectivity index (χ1n) is 7.82. The van der Waals surface area contributed by atoms with Gasteiger partial charge >= 0.3 is 0 Å². The molecular formula is C18H20N2O3S. The Balaban J connectivity index is 1.52. The number of rotatable bonds is 6. The molecule has 2 heterocycles. The summed E-state index contributed by atoms with van der Waals surface area (Å²) in [5.74, 6) is 2.67. The van der Waals surface area contributed by atoms with Crippen LogP contribution in [0.1, 0.15) is 35.7 Å². The summed E-state index contributed by atoms with van der Waals surface area (Å²) in [4.78, 5) is 12.1. The van der Waals surface area contributed by atoms with Gasteiger partial charge in [0, 0.05) is 16.7 Å². The zero-order valence-electron chi connectivity index (χ0n) is 14.0. The fraction of sp³-hybridized carbons (Fsp3) is 0.333. The highest BCUT2D eigenvalue weighted by atomic mass is 32.2. The molecule has 1 atom stereocenters. The molecule has 1 aromatic carbocycles. The first-order chi connectivity index (χ1) is 11.5. The van der Waals surface area contributed by atoms with E-state index in [-0.39, 0.29) is 11.9 Å². The summed E-state index contributed by atoms with van der Waals surface area (Å²) in [7, 11) is 0. The third-order valence-electron chi connectivity index (χ3n) is 3.91. The van der Waals surface area contributed by atoms with Crippen LogP contribution in [-0.2, 0) is 10.5 Å². The second kappa shape index (κ2) is 7.13. The minimum atomic E-state index is -0.162. The van der Waals surface area contributed by atoms with Crippen molar-refractivity contribution in [2.24, 2.45) is 0 Å². The summed E-state index contributed by atoms with van der Waals surface area (Å²) in [6.45, 7) is 5.73. The number of aryl methyl sites for hydroxylation is 2. The van der Waals surface area contributed by atoms with Crippen LogP contribution >= 0.6 is 11.8 Å². The van der Waals surface area contributed by atoms with Gasteiger partial charge in [-0.2, -0.15) is 0 Å². The van der Waals surface area contributed by atoms with Crippen LogP contribution < -0.4 is 5.32 Å². The van der Waals surface area contributed by atoms with E-state index in [1.165, 1.54) is 0 Å². The van der Waals surface area contributed by atoms with E-state index in [0.717, 1.165) is 33.7 Å². The van der Waals surface area contributed by atoms with Crippen LogP contribution in [-0.4, -0.2) is 16.8 Å². The third kappa shape index (κ3) is 3.64. The van der Waals surface area contributed by atoms with Gasteiger partial charge in [0.05, 0.1) is 17.5 Å². The van der Waals surface area contributed by atoms with Crippen molar-refractivity contribution in [2.45, 2.75) is 32.6 Å². The Hall–Kier alpha value is -2.21. The average Bonchev–Trinajstić information content (AvgIpc) is 3.12. The number of benzene rings is 1. The summed E-state index contributed by atoms with van der Waals surface area (Å²) >= 11 is 1.55. The molecule has 0 saturated heterocycles. The number of hydrogen-bond donors (Lipinski definition) is 1. The molecular weight excluding hydrogens is 324 g/mol. The number of carbonyl (C=O) groups excluding carboxylic acids is 1. The van der Waals surface area contributed by atoms with Gasteiger partial charge < -0.3 is 14.3 Å². The van der Waals surface area contributed by atoms with Crippen molar-refractivity contribution in [1.29, 1.82) is 0 Å². The van der Waals surface area contributed by atoms with Crippen LogP contribution in [0.25, 0.3) is 11.0 Å². The maximum atomic E-state index is 12.1. The Bertz CT molecular complexity index is 800. The Morgan fingerprint density at radius 1 is 1.33 bits per heavy atom. The minimum absolute atomic E-state index is 0.0142. The fourth-order valence-corrected chi connectivity index (χ4v) is 3.51. The van der Waals surface area contributed by atoms with Crippen molar-refractivity contribution in [1.82, 2.24) is 10.5 Å². The smallest absolute Gasteiger partial charge is 0.230 e. The maximum Gasteiger partial charge on any atom is 0.230 e. The number of amides is 1. The molecule has 0 aliphatic heterocycles. The zero-order valence-corrected chi connectivity index (χ0v) is 14.8. The number of hydrogen-bond acceptors (Lipinski definition) is 5. The van der Waals surface area contributed by atoms with Crippen molar-refractivity contribution in [3.05, 3.63) is 53.1 Å². The monoisotopic (exact) mass is 344 g/mol. The first kappa shape index (κ1) is 16.6. The molecule has 24 heavy (non-hydrogen) atoms. The molecule has 0 radical (unpaired) electrons. The molecule has 2 aromatic heterocycles. The predicted octanol–water partition coefficient (Wildman–Crippen LogP) is 4.15. The van der Waals surface area contributed by atoms with Crippen LogP contribution in [0.3, 0.4) is 0 Å². The first-order valence-corrected chi connectivity index (χ1v) is 8.97. The topological polar surface area (TPSA) is 68.3 Å². The number of thioether (sulfide) groups is 1. The number of nitrogens with zero attached hydrogens (tertiary/aromatic N) is 1. The highest BCUT2D eigenvalue weighted by Gasteiger charge is 2.15. The van der Waals surface area contributed by atoms with E-state index in [0.29, 0.717) is 11.5 Å². The summed E-state index contributed by atoms with van der Waals surface area (Å²) < 4.78 is 10.9. The highest BCUT2D eigenvalue weighted by molar-refractivity contribution is 7.99. The normalized spacial score (nSPS) is 12.5. The molecule has 0 spiro atoms. The average molecular weight is 344 g/mol. The van der Waals surface area contributed by atoms with Crippen LogP contribution in [0.4, 0.5) is 0 Å². The molecule has 1 N–H and O–H groups in total. The SMILES string of the molecule is Cc1noc(C)c1CSCC(=O)NC(C)c1cc2ccccc2o1. The summed E-state index contributed by atoms with van der Waals surface area (Å²) in [6.07, 6.45) is 0. The van der Waals surface area contributed by atoms with Gasteiger partial charge in [-0.05, 0) is 32.9 Å². The lowest BCUT2D eigenvalue weighted by atomic mass is 10.2. The maximum absolute atomic E-state index is 12.1. The zero-order chi connectivity index (χ0) is 17.1. The molecule has 0 saturated carbocycles. The summed E-state index contributed by atoms with van der Waals surface area (Å²) in [6, 6.07) is 9.63. The van der Waals surface area contributed by atoms with Gasteiger partial charge in [0.2, 0.25) is 5.91 Å². The van der Waals surface area contributed by atoms with Crippen LogP contribution in [0.15, 0.2) is 39.3 Å². The van der Waals surface area contributed by atoms with Crippen LogP contribution in [0.2, 0.25) is 0 Å². The number of aromatic nitrogens is 1. The fourth-order valence-electron chi connectivity index (χ4n) is 2.52. The van der Waals surface area contributed by atoms with E-state index in [2.05, 4.69) is 10.5 Å². The lowest BCUT2D eigenvalue weighted by Gasteiger charge is -2.11. The van der Waals surface area contributed by atoms with Gasteiger partial charge in [-0.3, -0.25) is 4.79 Å². The van der Waals surface area contributed by atoms with E-state index < -0.39 is 0 Å². The van der Waals surface area contributed by atoms with E-state index >= 15 is 0 Å². The van der Waals surface area contributed by atoms with E-state index in [1.54, 1.807) is 11.8 Å². The second-order valence-electron chi connectivity index (χ2n) is 5.77. The number of furan rings is 1. The molecule has 5 nitrogen and oxygen atoms in total. The Labute approximate surface area is 144 Å². The van der Waals surface area contributed by atoms with E-state index in [4.69, 9.17) is 8.94 Å². The molecule has 3 rings (SSSR count). The molecule has 1 amide bonds. The molecule has 126 valence electrons. The summed E-state index contributed by atoms with van der Waals surface area (Å²) in [5.41, 5.74) is 2.79. The second-order valence-corrected chi connectivity index (χ2v) is 6.76. The van der Waals surface area contributed by atoms with Crippen LogP contribution in [0, 0.1) is 13.8 Å². The Kier molecular flexibility index (Phi) is 4.94.